The number of non-ortho nitro benzene ring substituents is 1. The van der Waals surface area contributed by atoms with Crippen LogP contribution in [-0.4, -0.2) is 55.5 Å². The maximum Gasteiger partial charge on any atom is 0.416 e. The first-order chi connectivity index (χ1) is 15.9. The molecule has 1 amide bonds. The molecule has 10 nitrogen and oxygen atoms in total. The lowest BCUT2D eigenvalue weighted by Gasteiger charge is -2.21. The first kappa shape index (κ1) is 26.9. The van der Waals surface area contributed by atoms with Crippen LogP contribution in [0.2, 0.25) is 0 Å². The molecule has 0 saturated heterocycles. The van der Waals surface area contributed by atoms with Crippen molar-refractivity contribution in [1.82, 2.24) is 9.62 Å². The summed E-state index contributed by atoms with van der Waals surface area (Å²) in [7, 11) is -4.48. The van der Waals surface area contributed by atoms with Crippen LogP contribution < -0.4 is 11.1 Å². The fourth-order valence-electron chi connectivity index (χ4n) is 2.76. The molecule has 0 aromatic heterocycles. The molecule has 0 aliphatic heterocycles. The van der Waals surface area contributed by atoms with Gasteiger partial charge in [-0.2, -0.15) is 17.5 Å². The predicted octanol–water partition coefficient (Wildman–Crippen LogP) is 1.95. The first-order valence-corrected chi connectivity index (χ1v) is 11.2. The zero-order valence-corrected chi connectivity index (χ0v) is 18.4. The van der Waals surface area contributed by atoms with Gasteiger partial charge in [0.15, 0.2) is 5.78 Å². The predicted molar refractivity (Wildman–Crippen MR) is 114 cm³/mol. The SMILES string of the molecule is NCCCNC(=O)CN(CC(=O)c1ccc(C(F)(F)F)cc1)S(=O)(=O)c1ccc([N+](=O)[O-])cc1. The van der Waals surface area contributed by atoms with Gasteiger partial charge in [0.2, 0.25) is 15.9 Å². The van der Waals surface area contributed by atoms with E-state index in [4.69, 9.17) is 5.73 Å². The molecule has 0 heterocycles. The average molecular weight is 502 g/mol. The number of Topliss-reactive ketones (excluding diaryl/α,β-unsaturated/α-hetero) is 1. The number of halogens is 3. The van der Waals surface area contributed by atoms with E-state index in [-0.39, 0.29) is 24.3 Å². The van der Waals surface area contributed by atoms with Crippen LogP contribution in [0.3, 0.4) is 0 Å². The number of nitrogens with zero attached hydrogens (tertiary/aromatic N) is 2. The van der Waals surface area contributed by atoms with E-state index in [1.165, 1.54) is 0 Å². The fraction of sp³-hybridized carbons (Fsp3) is 0.300. The smallest absolute Gasteiger partial charge is 0.355 e. The lowest BCUT2D eigenvalue weighted by atomic mass is 10.1. The molecule has 2 rings (SSSR count). The molecule has 34 heavy (non-hydrogen) atoms. The second-order valence-corrected chi connectivity index (χ2v) is 8.95. The third kappa shape index (κ3) is 7.07. The maximum atomic E-state index is 13.1. The summed E-state index contributed by atoms with van der Waals surface area (Å²) in [5.74, 6) is -1.59. The highest BCUT2D eigenvalue weighted by atomic mass is 32.2. The summed E-state index contributed by atoms with van der Waals surface area (Å²) >= 11 is 0. The van der Waals surface area contributed by atoms with Crippen molar-refractivity contribution in [2.45, 2.75) is 17.5 Å². The summed E-state index contributed by atoms with van der Waals surface area (Å²) in [5, 5.41) is 13.3. The molecule has 0 radical (unpaired) electrons. The summed E-state index contributed by atoms with van der Waals surface area (Å²) in [4.78, 5) is 34.6. The van der Waals surface area contributed by atoms with Gasteiger partial charge in [-0.25, -0.2) is 8.42 Å². The number of benzene rings is 2. The van der Waals surface area contributed by atoms with Crippen LogP contribution in [0.5, 0.6) is 0 Å². The van der Waals surface area contributed by atoms with Gasteiger partial charge in [-0.1, -0.05) is 12.1 Å². The van der Waals surface area contributed by atoms with E-state index in [0.717, 1.165) is 36.4 Å². The number of hydrogen-bond donors (Lipinski definition) is 2. The summed E-state index contributed by atoms with van der Waals surface area (Å²) in [5.41, 5.74) is 3.79. The number of nitro benzene ring substituents is 1. The Morgan fingerprint density at radius 2 is 1.62 bits per heavy atom. The zero-order valence-electron chi connectivity index (χ0n) is 17.6. The Kier molecular flexibility index (Phi) is 8.84. The third-order valence-electron chi connectivity index (χ3n) is 4.56. The zero-order chi connectivity index (χ0) is 25.5. The number of carbonyl (C=O) groups excluding carboxylic acids is 2. The van der Waals surface area contributed by atoms with E-state index < -0.39 is 56.4 Å². The monoisotopic (exact) mass is 502 g/mol. The number of sulfonamides is 1. The molecular formula is C20H21F3N4O6S. The Hall–Kier alpha value is -3.36. The number of nitro groups is 1. The minimum Gasteiger partial charge on any atom is -0.355 e. The van der Waals surface area contributed by atoms with Gasteiger partial charge >= 0.3 is 6.18 Å². The van der Waals surface area contributed by atoms with E-state index in [9.17, 15) is 41.3 Å². The number of nitrogens with one attached hydrogen (secondary N) is 1. The highest BCUT2D eigenvalue weighted by Crippen LogP contribution is 2.29. The average Bonchev–Trinajstić information content (AvgIpc) is 2.78. The van der Waals surface area contributed by atoms with Crippen LogP contribution in [-0.2, 0) is 21.0 Å². The lowest BCUT2D eigenvalue weighted by molar-refractivity contribution is -0.384. The van der Waals surface area contributed by atoms with Crippen molar-refractivity contribution in [2.24, 2.45) is 5.73 Å². The normalized spacial score (nSPS) is 11.9. The molecule has 3 N–H and O–H groups in total. The Labute approximate surface area is 192 Å². The van der Waals surface area contributed by atoms with Crippen molar-refractivity contribution >= 4 is 27.4 Å². The number of nitrogens with two attached hydrogens (primary N) is 1. The molecule has 0 unspecified atom stereocenters. The molecule has 0 atom stereocenters. The number of rotatable bonds is 11. The van der Waals surface area contributed by atoms with Gasteiger partial charge in [0, 0.05) is 24.2 Å². The van der Waals surface area contributed by atoms with Gasteiger partial charge in [0.05, 0.1) is 28.5 Å². The Morgan fingerprint density at radius 3 is 2.12 bits per heavy atom. The van der Waals surface area contributed by atoms with Crippen molar-refractivity contribution in [3.8, 4) is 0 Å². The van der Waals surface area contributed by atoms with Gasteiger partial charge in [-0.05, 0) is 37.2 Å². The molecule has 0 bridgehead atoms. The van der Waals surface area contributed by atoms with Crippen molar-refractivity contribution in [1.29, 1.82) is 0 Å². The van der Waals surface area contributed by atoms with Crippen molar-refractivity contribution in [3.63, 3.8) is 0 Å². The van der Waals surface area contributed by atoms with Gasteiger partial charge in [0.1, 0.15) is 0 Å². The van der Waals surface area contributed by atoms with Crippen molar-refractivity contribution in [2.75, 3.05) is 26.2 Å². The van der Waals surface area contributed by atoms with Crippen molar-refractivity contribution in [3.05, 3.63) is 69.8 Å². The van der Waals surface area contributed by atoms with Crippen LogP contribution in [0.1, 0.15) is 22.3 Å². The minimum atomic E-state index is -4.62. The maximum absolute atomic E-state index is 13.1. The van der Waals surface area contributed by atoms with Gasteiger partial charge in [-0.15, -0.1) is 0 Å². The molecule has 2 aromatic rings. The van der Waals surface area contributed by atoms with Crippen LogP contribution in [0.15, 0.2) is 53.4 Å². The quantitative estimate of drug-likeness (QED) is 0.206. The van der Waals surface area contributed by atoms with Crippen LogP contribution >= 0.6 is 0 Å². The van der Waals surface area contributed by atoms with Crippen LogP contribution in [0.4, 0.5) is 18.9 Å². The standard InChI is InChI=1S/C20H21F3N4O6S/c21-20(22,23)15-4-2-14(3-5-15)18(28)12-26(13-19(29)25-11-1-10-24)34(32,33)17-8-6-16(7-9-17)27(30)31/h2-9H,1,10-13,24H2,(H,25,29). The number of amides is 1. The molecule has 0 aliphatic carbocycles. The largest absolute Gasteiger partial charge is 0.416 e. The third-order valence-corrected chi connectivity index (χ3v) is 6.37. The Morgan fingerprint density at radius 1 is 1.03 bits per heavy atom. The minimum absolute atomic E-state index is 0.160. The van der Waals surface area contributed by atoms with Gasteiger partial charge in [0.25, 0.3) is 5.69 Å². The van der Waals surface area contributed by atoms with E-state index in [2.05, 4.69) is 5.32 Å². The van der Waals surface area contributed by atoms with Crippen LogP contribution in [0.25, 0.3) is 0 Å². The summed E-state index contributed by atoms with van der Waals surface area (Å²) in [6.45, 7) is -1.18. The highest BCUT2D eigenvalue weighted by molar-refractivity contribution is 7.89. The summed E-state index contributed by atoms with van der Waals surface area (Å²) in [6, 6.07) is 6.98. The first-order valence-electron chi connectivity index (χ1n) is 9.78. The number of ketones is 1. The molecule has 0 fully saturated rings. The summed E-state index contributed by atoms with van der Waals surface area (Å²) < 4.78 is 65.0. The van der Waals surface area contributed by atoms with E-state index in [1.807, 2.05) is 0 Å². The molecule has 184 valence electrons. The number of alkyl halides is 3. The van der Waals surface area contributed by atoms with E-state index >= 15 is 0 Å². The molecule has 2 aromatic carbocycles. The molecule has 0 saturated carbocycles. The lowest BCUT2D eigenvalue weighted by Crippen LogP contribution is -2.43. The van der Waals surface area contributed by atoms with Crippen LogP contribution in [0, 0.1) is 10.1 Å². The molecule has 0 aliphatic rings. The van der Waals surface area contributed by atoms with Gasteiger partial charge < -0.3 is 11.1 Å². The van der Waals surface area contributed by atoms with E-state index in [0.29, 0.717) is 22.9 Å². The molecule has 14 heteroatoms. The Bertz CT molecular complexity index is 1140. The van der Waals surface area contributed by atoms with Gasteiger partial charge in [-0.3, -0.25) is 19.7 Å². The number of carbonyl (C=O) groups is 2. The fourth-order valence-corrected chi connectivity index (χ4v) is 4.11. The molecule has 0 spiro atoms. The van der Waals surface area contributed by atoms with E-state index in [1.54, 1.807) is 0 Å². The Balaban J connectivity index is 2.32. The highest BCUT2D eigenvalue weighted by Gasteiger charge is 2.32. The second kappa shape index (κ2) is 11.2. The van der Waals surface area contributed by atoms with Crippen molar-refractivity contribution < 1.29 is 36.1 Å². The number of hydrogen-bond acceptors (Lipinski definition) is 7. The topological polar surface area (TPSA) is 153 Å². The second-order valence-electron chi connectivity index (χ2n) is 7.01. The summed E-state index contributed by atoms with van der Waals surface area (Å²) in [6.07, 6.45) is -4.19. The molecular weight excluding hydrogens is 481 g/mol.